The summed E-state index contributed by atoms with van der Waals surface area (Å²) in [7, 11) is 1.60. The van der Waals surface area contributed by atoms with Crippen LogP contribution in [0.5, 0.6) is 5.75 Å². The molecule has 0 saturated heterocycles. The molecule has 0 bridgehead atoms. The van der Waals surface area contributed by atoms with Gasteiger partial charge in [-0.05, 0) is 37.6 Å². The highest BCUT2D eigenvalue weighted by atomic mass is 16.5. The Morgan fingerprint density at radius 1 is 1.28 bits per heavy atom. The molecule has 7 heteroatoms. The molecular formula is C22H22N4O3. The lowest BCUT2D eigenvalue weighted by Gasteiger charge is -2.12. The molecule has 3 aromatic heterocycles. The molecule has 3 heterocycles. The van der Waals surface area contributed by atoms with Gasteiger partial charge in [-0.1, -0.05) is 25.1 Å². The number of furan rings is 1. The van der Waals surface area contributed by atoms with Gasteiger partial charge in [0, 0.05) is 11.6 Å². The van der Waals surface area contributed by atoms with E-state index in [4.69, 9.17) is 9.15 Å². The van der Waals surface area contributed by atoms with Crippen LogP contribution in [0.2, 0.25) is 0 Å². The minimum absolute atomic E-state index is 0.205. The maximum atomic E-state index is 12.9. The van der Waals surface area contributed by atoms with Crippen LogP contribution in [0.4, 0.5) is 0 Å². The van der Waals surface area contributed by atoms with E-state index in [1.807, 2.05) is 56.3 Å². The smallest absolute Gasteiger partial charge is 0.255 e. The second-order valence-electron chi connectivity index (χ2n) is 6.68. The molecule has 0 radical (unpaired) electrons. The molecule has 4 aromatic rings. The molecule has 148 valence electrons. The molecule has 4 rings (SSSR count). The molecule has 1 unspecified atom stereocenters. The van der Waals surface area contributed by atoms with Crippen LogP contribution < -0.4 is 10.1 Å². The molecule has 0 aliphatic rings. The van der Waals surface area contributed by atoms with Gasteiger partial charge in [-0.3, -0.25) is 4.79 Å². The van der Waals surface area contributed by atoms with E-state index in [0.717, 1.165) is 11.1 Å². The number of benzene rings is 1. The lowest BCUT2D eigenvalue weighted by atomic mass is 10.1. The van der Waals surface area contributed by atoms with Gasteiger partial charge in [-0.2, -0.15) is 5.10 Å². The number of pyridine rings is 1. The van der Waals surface area contributed by atoms with Crippen LogP contribution in [0.25, 0.3) is 16.8 Å². The van der Waals surface area contributed by atoms with E-state index >= 15 is 0 Å². The van der Waals surface area contributed by atoms with Crippen molar-refractivity contribution in [3.63, 3.8) is 0 Å². The fourth-order valence-corrected chi connectivity index (χ4v) is 3.36. The monoisotopic (exact) mass is 390 g/mol. The molecule has 7 nitrogen and oxygen atoms in total. The summed E-state index contributed by atoms with van der Waals surface area (Å²) in [5.74, 6) is 1.80. The molecular weight excluding hydrogens is 368 g/mol. The van der Waals surface area contributed by atoms with Gasteiger partial charge in [0.15, 0.2) is 17.2 Å². The number of carbonyl (C=O) groups is 1. The van der Waals surface area contributed by atoms with Gasteiger partial charge >= 0.3 is 0 Å². The van der Waals surface area contributed by atoms with E-state index in [1.165, 1.54) is 0 Å². The van der Waals surface area contributed by atoms with Crippen molar-refractivity contribution >= 4 is 16.9 Å². The van der Waals surface area contributed by atoms with Gasteiger partial charge in [0.1, 0.15) is 5.76 Å². The number of hydrogen-bond donors (Lipinski definition) is 1. The van der Waals surface area contributed by atoms with Gasteiger partial charge in [0.05, 0.1) is 30.6 Å². The van der Waals surface area contributed by atoms with Crippen molar-refractivity contribution in [2.75, 3.05) is 7.11 Å². The van der Waals surface area contributed by atoms with Crippen molar-refractivity contribution in [3.05, 3.63) is 71.9 Å². The fourth-order valence-electron chi connectivity index (χ4n) is 3.36. The van der Waals surface area contributed by atoms with Crippen molar-refractivity contribution in [1.29, 1.82) is 0 Å². The second-order valence-corrected chi connectivity index (χ2v) is 6.68. The zero-order valence-corrected chi connectivity index (χ0v) is 16.5. The van der Waals surface area contributed by atoms with Gasteiger partial charge in [-0.15, -0.1) is 0 Å². The fraction of sp³-hybridized carbons (Fsp3) is 0.227. The van der Waals surface area contributed by atoms with E-state index in [1.54, 1.807) is 24.2 Å². The molecule has 0 aliphatic heterocycles. The Hall–Kier alpha value is -3.61. The molecule has 1 aromatic carbocycles. The first-order chi connectivity index (χ1) is 14.1. The quantitative estimate of drug-likeness (QED) is 0.536. The van der Waals surface area contributed by atoms with Crippen LogP contribution >= 0.6 is 0 Å². The number of aromatic nitrogens is 3. The largest absolute Gasteiger partial charge is 0.493 e. The summed E-state index contributed by atoms with van der Waals surface area (Å²) in [6.07, 6.45) is 3.93. The maximum absolute atomic E-state index is 12.9. The highest BCUT2D eigenvalue weighted by Gasteiger charge is 2.21. The van der Waals surface area contributed by atoms with E-state index in [9.17, 15) is 4.79 Å². The average Bonchev–Trinajstić information content (AvgIpc) is 3.38. The number of hydrogen-bond acceptors (Lipinski definition) is 5. The van der Waals surface area contributed by atoms with Crippen LogP contribution in [0.3, 0.4) is 0 Å². The number of para-hydroxylation sites is 1. The first-order valence-corrected chi connectivity index (χ1v) is 9.48. The summed E-state index contributed by atoms with van der Waals surface area (Å²) in [5.41, 5.74) is 2.00. The van der Waals surface area contributed by atoms with Gasteiger partial charge < -0.3 is 14.5 Å². The van der Waals surface area contributed by atoms with E-state index in [2.05, 4.69) is 15.4 Å². The zero-order chi connectivity index (χ0) is 20.4. The molecule has 1 amide bonds. The summed E-state index contributed by atoms with van der Waals surface area (Å²) in [4.78, 5) is 17.3. The van der Waals surface area contributed by atoms with Crippen LogP contribution in [0, 0.1) is 0 Å². The molecule has 29 heavy (non-hydrogen) atoms. The number of fused-ring (bicyclic) bond motifs is 1. The van der Waals surface area contributed by atoms with Gasteiger partial charge in [0.2, 0.25) is 0 Å². The number of rotatable bonds is 6. The van der Waals surface area contributed by atoms with Crippen molar-refractivity contribution in [2.45, 2.75) is 26.3 Å². The number of nitrogens with zero attached hydrogens (tertiary/aromatic N) is 3. The Bertz CT molecular complexity index is 1150. The van der Waals surface area contributed by atoms with Crippen LogP contribution in [0.15, 0.2) is 59.3 Å². The predicted molar refractivity (Wildman–Crippen MR) is 109 cm³/mol. The summed E-state index contributed by atoms with van der Waals surface area (Å²) < 4.78 is 13.0. The van der Waals surface area contributed by atoms with Crippen molar-refractivity contribution in [2.24, 2.45) is 0 Å². The number of amides is 1. The molecule has 0 fully saturated rings. The molecule has 1 atom stereocenters. The third kappa shape index (κ3) is 3.47. The average molecular weight is 390 g/mol. The normalized spacial score (nSPS) is 12.1. The first kappa shape index (κ1) is 18.7. The number of carbonyl (C=O) groups excluding carboxylic acids is 1. The van der Waals surface area contributed by atoms with E-state index in [-0.39, 0.29) is 11.9 Å². The summed E-state index contributed by atoms with van der Waals surface area (Å²) in [6.45, 7) is 3.87. The number of methoxy groups -OCH3 is 1. The summed E-state index contributed by atoms with van der Waals surface area (Å²) in [6, 6.07) is 12.9. The second kappa shape index (κ2) is 7.79. The molecule has 0 aliphatic carbocycles. The summed E-state index contributed by atoms with van der Waals surface area (Å²) in [5, 5.41) is 8.30. The minimum Gasteiger partial charge on any atom is -0.493 e. The minimum atomic E-state index is -0.317. The Morgan fingerprint density at radius 2 is 2.14 bits per heavy atom. The van der Waals surface area contributed by atoms with Gasteiger partial charge in [-0.25, -0.2) is 9.67 Å². The van der Waals surface area contributed by atoms with Crippen molar-refractivity contribution in [3.8, 4) is 11.6 Å². The van der Waals surface area contributed by atoms with Crippen LogP contribution in [0.1, 0.15) is 41.7 Å². The Morgan fingerprint density at radius 3 is 2.86 bits per heavy atom. The SMILES string of the molecule is CCc1c(C(=O)NC(C)c2cc3cccc(OC)c3o2)cnn1-c1ccccn1. The zero-order valence-electron chi connectivity index (χ0n) is 16.5. The molecule has 0 spiro atoms. The lowest BCUT2D eigenvalue weighted by molar-refractivity contribution is 0.0934. The predicted octanol–water partition coefficient (Wildman–Crippen LogP) is 4.08. The Balaban J connectivity index is 1.59. The number of nitrogens with one attached hydrogen (secondary N) is 1. The first-order valence-electron chi connectivity index (χ1n) is 9.48. The van der Waals surface area contributed by atoms with Crippen LogP contribution in [-0.4, -0.2) is 27.8 Å². The molecule has 0 saturated carbocycles. The molecule has 1 N–H and O–H groups in total. The lowest BCUT2D eigenvalue weighted by Crippen LogP contribution is -2.27. The van der Waals surface area contributed by atoms with Gasteiger partial charge in [0.25, 0.3) is 5.91 Å². The van der Waals surface area contributed by atoms with Crippen LogP contribution in [-0.2, 0) is 6.42 Å². The maximum Gasteiger partial charge on any atom is 0.255 e. The van der Waals surface area contributed by atoms with E-state index in [0.29, 0.717) is 34.9 Å². The number of ether oxygens (including phenoxy) is 1. The highest BCUT2D eigenvalue weighted by Crippen LogP contribution is 2.31. The third-order valence-corrected chi connectivity index (χ3v) is 4.84. The Labute approximate surface area is 168 Å². The van der Waals surface area contributed by atoms with Crippen molar-refractivity contribution in [1.82, 2.24) is 20.1 Å². The standard InChI is InChI=1S/C22H22N4O3/c1-4-17-16(13-24-26(17)20-10-5-6-11-23-20)22(27)25-14(2)19-12-15-8-7-9-18(28-3)21(15)29-19/h5-14H,4H2,1-3H3,(H,25,27). The third-order valence-electron chi connectivity index (χ3n) is 4.84. The Kier molecular flexibility index (Phi) is 5.03. The topological polar surface area (TPSA) is 82.2 Å². The summed E-state index contributed by atoms with van der Waals surface area (Å²) >= 11 is 0. The van der Waals surface area contributed by atoms with Crippen molar-refractivity contribution < 1.29 is 13.9 Å². The highest BCUT2D eigenvalue weighted by molar-refractivity contribution is 5.95. The van der Waals surface area contributed by atoms with E-state index < -0.39 is 0 Å².